The van der Waals surface area contributed by atoms with Gasteiger partial charge in [-0.05, 0) is 36.4 Å². The maximum atomic E-state index is 9.32. The van der Waals surface area contributed by atoms with Crippen LogP contribution in [0, 0.1) is 0 Å². The fourth-order valence-electron chi connectivity index (χ4n) is 1.77. The van der Waals surface area contributed by atoms with E-state index in [1.54, 1.807) is 12.1 Å². The van der Waals surface area contributed by atoms with Crippen molar-refractivity contribution in [3.63, 3.8) is 0 Å². The predicted octanol–water partition coefficient (Wildman–Crippen LogP) is 3.01. The molecule has 0 radical (unpaired) electrons. The van der Waals surface area contributed by atoms with Crippen LogP contribution in [0.15, 0.2) is 54.6 Å². The summed E-state index contributed by atoms with van der Waals surface area (Å²) in [6.45, 7) is 0. The third-order valence-corrected chi connectivity index (χ3v) is 2.50. The van der Waals surface area contributed by atoms with Crippen molar-refractivity contribution >= 4 is 11.4 Å². The molecule has 0 saturated heterocycles. The summed E-state index contributed by atoms with van der Waals surface area (Å²) in [4.78, 5) is 0. The van der Waals surface area contributed by atoms with Crippen LogP contribution in [-0.2, 0) is 0 Å². The molecule has 0 unspecified atom stereocenters. The summed E-state index contributed by atoms with van der Waals surface area (Å²) in [6.07, 6.45) is 0. The van der Waals surface area contributed by atoms with Gasteiger partial charge in [0, 0.05) is 14.1 Å². The Kier molecular flexibility index (Phi) is 3.30. The van der Waals surface area contributed by atoms with E-state index < -0.39 is 0 Å². The minimum Gasteiger partial charge on any atom is -0.508 e. The smallest absolute Gasteiger partial charge is 0.115 e. The standard InChI is InChI=1S/C14H16N2O/c1-15(2)16(12-6-4-3-5-7-12)13-8-10-14(17)11-9-13/h3-11,17H,1-2H3. The summed E-state index contributed by atoms with van der Waals surface area (Å²) in [5.74, 6) is 0.278. The van der Waals surface area contributed by atoms with Gasteiger partial charge in [0.15, 0.2) is 0 Å². The summed E-state index contributed by atoms with van der Waals surface area (Å²) in [7, 11) is 3.97. The van der Waals surface area contributed by atoms with E-state index in [-0.39, 0.29) is 5.75 Å². The molecule has 1 N–H and O–H groups in total. The highest BCUT2D eigenvalue weighted by molar-refractivity contribution is 5.62. The molecule has 0 heterocycles. The van der Waals surface area contributed by atoms with Gasteiger partial charge in [-0.3, -0.25) is 5.01 Å². The van der Waals surface area contributed by atoms with Crippen molar-refractivity contribution in [3.05, 3.63) is 54.6 Å². The Hall–Kier alpha value is -2.00. The van der Waals surface area contributed by atoms with Gasteiger partial charge in [0.05, 0.1) is 11.4 Å². The number of phenols is 1. The van der Waals surface area contributed by atoms with E-state index >= 15 is 0 Å². The molecule has 0 amide bonds. The van der Waals surface area contributed by atoms with Crippen molar-refractivity contribution in [2.45, 2.75) is 0 Å². The Morgan fingerprint density at radius 1 is 0.765 bits per heavy atom. The van der Waals surface area contributed by atoms with Crippen LogP contribution in [0.5, 0.6) is 5.75 Å². The van der Waals surface area contributed by atoms with E-state index in [2.05, 4.69) is 5.01 Å². The zero-order chi connectivity index (χ0) is 12.3. The number of hydrogen-bond donors (Lipinski definition) is 1. The molecule has 0 atom stereocenters. The second-order valence-corrected chi connectivity index (χ2v) is 4.01. The topological polar surface area (TPSA) is 26.7 Å². The largest absolute Gasteiger partial charge is 0.508 e. The molecule has 0 saturated carbocycles. The van der Waals surface area contributed by atoms with Gasteiger partial charge in [0.25, 0.3) is 0 Å². The normalized spacial score (nSPS) is 10.5. The van der Waals surface area contributed by atoms with E-state index in [1.165, 1.54) is 0 Å². The molecule has 2 aromatic carbocycles. The van der Waals surface area contributed by atoms with Crippen molar-refractivity contribution in [1.29, 1.82) is 0 Å². The number of phenolic OH excluding ortho intramolecular Hbond substituents is 1. The van der Waals surface area contributed by atoms with Crippen LogP contribution in [0.25, 0.3) is 0 Å². The Morgan fingerprint density at radius 2 is 1.29 bits per heavy atom. The summed E-state index contributed by atoms with van der Waals surface area (Å²) in [5, 5.41) is 13.4. The quantitative estimate of drug-likeness (QED) is 0.818. The van der Waals surface area contributed by atoms with Gasteiger partial charge in [-0.15, -0.1) is 0 Å². The van der Waals surface area contributed by atoms with Gasteiger partial charge in [0.2, 0.25) is 0 Å². The number of nitrogens with zero attached hydrogens (tertiary/aromatic N) is 2. The summed E-state index contributed by atoms with van der Waals surface area (Å²) in [6, 6.07) is 17.3. The molecule has 2 rings (SSSR count). The van der Waals surface area contributed by atoms with Gasteiger partial charge < -0.3 is 5.11 Å². The molecule has 0 spiro atoms. The van der Waals surface area contributed by atoms with Crippen LogP contribution >= 0.6 is 0 Å². The van der Waals surface area contributed by atoms with Crippen LogP contribution in [0.2, 0.25) is 0 Å². The van der Waals surface area contributed by atoms with Gasteiger partial charge >= 0.3 is 0 Å². The number of benzene rings is 2. The average Bonchev–Trinajstić information content (AvgIpc) is 2.33. The van der Waals surface area contributed by atoms with Gasteiger partial charge in [0.1, 0.15) is 5.75 Å². The second-order valence-electron chi connectivity index (χ2n) is 4.01. The molecule has 17 heavy (non-hydrogen) atoms. The predicted molar refractivity (Wildman–Crippen MR) is 70.4 cm³/mol. The van der Waals surface area contributed by atoms with Crippen LogP contribution in [0.1, 0.15) is 0 Å². The molecule has 0 aliphatic carbocycles. The molecule has 3 heteroatoms. The summed E-state index contributed by atoms with van der Waals surface area (Å²) < 4.78 is 0. The number of para-hydroxylation sites is 1. The third-order valence-electron chi connectivity index (χ3n) is 2.50. The molecule has 0 aliphatic rings. The molecular weight excluding hydrogens is 212 g/mol. The Morgan fingerprint density at radius 3 is 1.82 bits per heavy atom. The first-order valence-corrected chi connectivity index (χ1v) is 5.50. The van der Waals surface area contributed by atoms with Gasteiger partial charge in [-0.1, -0.05) is 18.2 Å². The van der Waals surface area contributed by atoms with Crippen molar-refractivity contribution in [3.8, 4) is 5.75 Å². The number of hydrazine groups is 1. The number of anilines is 2. The number of rotatable bonds is 3. The number of aromatic hydroxyl groups is 1. The third kappa shape index (κ3) is 2.57. The highest BCUT2D eigenvalue weighted by atomic mass is 16.3. The molecule has 3 nitrogen and oxygen atoms in total. The molecule has 0 aromatic heterocycles. The van der Waals surface area contributed by atoms with Crippen LogP contribution in [0.3, 0.4) is 0 Å². The van der Waals surface area contributed by atoms with E-state index in [4.69, 9.17) is 0 Å². The lowest BCUT2D eigenvalue weighted by atomic mass is 10.2. The van der Waals surface area contributed by atoms with E-state index in [0.717, 1.165) is 11.4 Å². The molecule has 88 valence electrons. The lowest BCUT2D eigenvalue weighted by Crippen LogP contribution is -2.32. The zero-order valence-corrected chi connectivity index (χ0v) is 10.0. The highest BCUT2D eigenvalue weighted by Crippen LogP contribution is 2.27. The maximum Gasteiger partial charge on any atom is 0.115 e. The molecule has 2 aromatic rings. The maximum absolute atomic E-state index is 9.32. The fraction of sp³-hybridized carbons (Fsp3) is 0.143. The Labute approximate surface area is 102 Å². The van der Waals surface area contributed by atoms with Crippen molar-refractivity contribution < 1.29 is 5.11 Å². The minimum atomic E-state index is 0.278. The van der Waals surface area contributed by atoms with E-state index in [9.17, 15) is 5.11 Å². The lowest BCUT2D eigenvalue weighted by Gasteiger charge is -2.31. The van der Waals surface area contributed by atoms with Crippen LogP contribution in [0.4, 0.5) is 11.4 Å². The van der Waals surface area contributed by atoms with Crippen LogP contribution in [-0.4, -0.2) is 24.2 Å². The van der Waals surface area contributed by atoms with Gasteiger partial charge in [-0.25, -0.2) is 5.01 Å². The Bertz CT molecular complexity index is 465. The minimum absolute atomic E-state index is 0.278. The van der Waals surface area contributed by atoms with Gasteiger partial charge in [-0.2, -0.15) is 0 Å². The molecule has 0 fully saturated rings. The van der Waals surface area contributed by atoms with Crippen molar-refractivity contribution in [2.24, 2.45) is 0 Å². The molecule has 0 bridgehead atoms. The SMILES string of the molecule is CN(C)N(c1ccccc1)c1ccc(O)cc1. The first-order valence-electron chi connectivity index (χ1n) is 5.50. The summed E-state index contributed by atoms with van der Waals surface area (Å²) in [5.41, 5.74) is 2.10. The van der Waals surface area contributed by atoms with Crippen LogP contribution < -0.4 is 5.01 Å². The van der Waals surface area contributed by atoms with E-state index in [0.29, 0.717) is 0 Å². The summed E-state index contributed by atoms with van der Waals surface area (Å²) >= 11 is 0. The Balaban J connectivity index is 2.39. The second kappa shape index (κ2) is 4.89. The number of hydrogen-bond acceptors (Lipinski definition) is 3. The lowest BCUT2D eigenvalue weighted by molar-refractivity contribution is 0.417. The highest BCUT2D eigenvalue weighted by Gasteiger charge is 2.10. The first-order chi connectivity index (χ1) is 8.18. The first kappa shape index (κ1) is 11.5. The zero-order valence-electron chi connectivity index (χ0n) is 10.0. The molecular formula is C14H16N2O. The van der Waals surface area contributed by atoms with Crippen molar-refractivity contribution in [1.82, 2.24) is 5.01 Å². The van der Waals surface area contributed by atoms with Crippen molar-refractivity contribution in [2.75, 3.05) is 19.1 Å². The average molecular weight is 228 g/mol. The van der Waals surface area contributed by atoms with E-state index in [1.807, 2.05) is 61.6 Å². The molecule has 0 aliphatic heterocycles. The monoisotopic (exact) mass is 228 g/mol. The fourth-order valence-corrected chi connectivity index (χ4v) is 1.77.